The van der Waals surface area contributed by atoms with E-state index in [9.17, 15) is 26.4 Å². The summed E-state index contributed by atoms with van der Waals surface area (Å²) in [6, 6.07) is 11.6. The number of aromatic amines is 1. The summed E-state index contributed by atoms with van der Waals surface area (Å²) >= 11 is 0. The van der Waals surface area contributed by atoms with Crippen molar-refractivity contribution >= 4 is 20.9 Å². The molecule has 184 valence electrons. The lowest BCUT2D eigenvalue weighted by atomic mass is 9.86. The Hall–Kier alpha value is -3.07. The maximum atomic E-state index is 13.5. The van der Waals surface area contributed by atoms with Crippen molar-refractivity contribution in [3.8, 4) is 0 Å². The van der Waals surface area contributed by atoms with Crippen molar-refractivity contribution in [3.05, 3.63) is 87.3 Å². The van der Waals surface area contributed by atoms with Crippen molar-refractivity contribution in [1.82, 2.24) is 9.29 Å². The largest absolute Gasteiger partial charge is 0.417 e. The highest BCUT2D eigenvalue weighted by atomic mass is 32.2. The Labute approximate surface area is 201 Å². The van der Waals surface area contributed by atoms with Gasteiger partial charge in [0.15, 0.2) is 0 Å². The molecule has 1 aliphatic carbocycles. The monoisotopic (exact) mass is 502 g/mol. The maximum Gasteiger partial charge on any atom is 0.417 e. The van der Waals surface area contributed by atoms with E-state index in [0.29, 0.717) is 30.5 Å². The molecule has 5 nitrogen and oxygen atoms in total. The standard InChI is InChI=1S/C26H25F3N2O3S/c27-26(28,29)22-16-25(32)30-23-12-9-18(15-21(22)23)14-17-7-10-20(11-8-17)35(33,34)31-13-3-5-19-4-1-2-6-24(19)31/h6-12,15-16,19H,1-5,13-14H2,(H,30,32). The van der Waals surface area contributed by atoms with Crippen LogP contribution in [0, 0.1) is 5.92 Å². The van der Waals surface area contributed by atoms with Gasteiger partial charge in [0.25, 0.3) is 10.0 Å². The first-order chi connectivity index (χ1) is 16.6. The molecule has 1 saturated heterocycles. The lowest BCUT2D eigenvalue weighted by Crippen LogP contribution is -2.38. The molecule has 2 aliphatic rings. The van der Waals surface area contributed by atoms with Crippen molar-refractivity contribution in [2.45, 2.75) is 49.6 Å². The molecule has 1 aromatic heterocycles. The van der Waals surface area contributed by atoms with Crippen molar-refractivity contribution in [3.63, 3.8) is 0 Å². The maximum absolute atomic E-state index is 13.5. The molecule has 2 aromatic carbocycles. The predicted octanol–water partition coefficient (Wildman–Crippen LogP) is 5.61. The lowest BCUT2D eigenvalue weighted by molar-refractivity contribution is -0.136. The first-order valence-electron chi connectivity index (χ1n) is 11.7. The molecule has 1 N–H and O–H groups in total. The first-order valence-corrected chi connectivity index (χ1v) is 13.1. The van der Waals surface area contributed by atoms with Gasteiger partial charge < -0.3 is 4.98 Å². The SMILES string of the molecule is O=c1cc(C(F)(F)F)c2cc(Cc3ccc(S(=O)(=O)N4CCCC5CCCC=C54)cc3)ccc2[nH]1. The number of nitrogens with one attached hydrogen (secondary N) is 1. The summed E-state index contributed by atoms with van der Waals surface area (Å²) in [5.74, 6) is 0.302. The van der Waals surface area contributed by atoms with Gasteiger partial charge in [0, 0.05) is 29.2 Å². The van der Waals surface area contributed by atoms with Crippen LogP contribution in [0.2, 0.25) is 0 Å². The molecular formula is C26H25F3N2O3S. The van der Waals surface area contributed by atoms with Gasteiger partial charge in [0.1, 0.15) is 0 Å². The Morgan fingerprint density at radius 3 is 2.43 bits per heavy atom. The van der Waals surface area contributed by atoms with Crippen molar-refractivity contribution < 1.29 is 21.6 Å². The van der Waals surface area contributed by atoms with E-state index >= 15 is 0 Å². The highest BCUT2D eigenvalue weighted by molar-refractivity contribution is 7.89. The normalized spacial score (nSPS) is 18.9. The highest BCUT2D eigenvalue weighted by Gasteiger charge is 2.35. The van der Waals surface area contributed by atoms with E-state index in [1.165, 1.54) is 12.1 Å². The van der Waals surface area contributed by atoms with Crippen LogP contribution in [0.5, 0.6) is 0 Å². The molecule has 2 heterocycles. The number of nitrogens with zero attached hydrogens (tertiary/aromatic N) is 1. The van der Waals surface area contributed by atoms with Crippen LogP contribution in [0.15, 0.2) is 70.0 Å². The number of hydrogen-bond donors (Lipinski definition) is 1. The number of H-pyrrole nitrogens is 1. The molecule has 9 heteroatoms. The van der Waals surface area contributed by atoms with E-state index in [1.807, 2.05) is 0 Å². The van der Waals surface area contributed by atoms with Gasteiger partial charge in [-0.3, -0.25) is 9.10 Å². The molecule has 1 fully saturated rings. The fourth-order valence-electron chi connectivity index (χ4n) is 5.18. The van der Waals surface area contributed by atoms with Crippen molar-refractivity contribution in [1.29, 1.82) is 0 Å². The van der Waals surface area contributed by atoms with Crippen LogP contribution >= 0.6 is 0 Å². The summed E-state index contributed by atoms with van der Waals surface area (Å²) in [6.07, 6.45) is 2.59. The second kappa shape index (κ2) is 8.86. The van der Waals surface area contributed by atoms with Gasteiger partial charge in [-0.15, -0.1) is 0 Å². The average molecular weight is 503 g/mol. The quantitative estimate of drug-likeness (QED) is 0.505. The minimum atomic E-state index is -4.65. The van der Waals surface area contributed by atoms with E-state index in [4.69, 9.17) is 0 Å². The third-order valence-corrected chi connectivity index (χ3v) is 8.70. The average Bonchev–Trinajstić information content (AvgIpc) is 2.83. The van der Waals surface area contributed by atoms with Crippen LogP contribution in [0.1, 0.15) is 48.8 Å². The van der Waals surface area contributed by atoms with Gasteiger partial charge in [-0.2, -0.15) is 13.2 Å². The zero-order valence-electron chi connectivity index (χ0n) is 18.9. The summed E-state index contributed by atoms with van der Waals surface area (Å²) in [7, 11) is -3.67. The summed E-state index contributed by atoms with van der Waals surface area (Å²) in [4.78, 5) is 14.3. The fourth-order valence-corrected chi connectivity index (χ4v) is 6.79. The van der Waals surface area contributed by atoms with Crippen LogP contribution < -0.4 is 5.56 Å². The van der Waals surface area contributed by atoms with Crippen LogP contribution in [-0.4, -0.2) is 24.3 Å². The van der Waals surface area contributed by atoms with E-state index in [2.05, 4.69) is 11.1 Å². The lowest BCUT2D eigenvalue weighted by Gasteiger charge is -2.38. The van der Waals surface area contributed by atoms with Crippen LogP contribution in [-0.2, 0) is 22.6 Å². The number of fused-ring (bicyclic) bond motifs is 2. The molecule has 0 radical (unpaired) electrons. The fraction of sp³-hybridized carbons (Fsp3) is 0.346. The molecule has 0 spiro atoms. The van der Waals surface area contributed by atoms with Gasteiger partial charge in [-0.1, -0.05) is 24.3 Å². The number of hydrogen-bond acceptors (Lipinski definition) is 3. The molecule has 1 aliphatic heterocycles. The smallest absolute Gasteiger partial charge is 0.322 e. The van der Waals surface area contributed by atoms with Gasteiger partial charge >= 0.3 is 6.18 Å². The second-order valence-electron chi connectivity index (χ2n) is 9.22. The van der Waals surface area contributed by atoms with Crippen molar-refractivity contribution in [2.24, 2.45) is 5.92 Å². The Balaban J connectivity index is 1.41. The minimum absolute atomic E-state index is 0.0748. The van der Waals surface area contributed by atoms with E-state index in [0.717, 1.165) is 43.4 Å². The molecule has 1 atom stereocenters. The Morgan fingerprint density at radius 1 is 0.971 bits per heavy atom. The Kier molecular flexibility index (Phi) is 5.99. The third kappa shape index (κ3) is 4.61. The number of sulfonamides is 1. The van der Waals surface area contributed by atoms with Gasteiger partial charge in [-0.25, -0.2) is 8.42 Å². The summed E-state index contributed by atoms with van der Waals surface area (Å²) in [6.45, 7) is 0.479. The van der Waals surface area contributed by atoms with E-state index in [-0.39, 0.29) is 15.8 Å². The summed E-state index contributed by atoms with van der Waals surface area (Å²) in [5.41, 5.74) is 0.648. The molecule has 1 unspecified atom stereocenters. The van der Waals surface area contributed by atoms with Crippen molar-refractivity contribution in [2.75, 3.05) is 6.54 Å². The molecule has 0 amide bonds. The molecule has 3 aromatic rings. The number of piperidine rings is 1. The number of rotatable bonds is 4. The molecule has 5 rings (SSSR count). The molecular weight excluding hydrogens is 477 g/mol. The van der Waals surface area contributed by atoms with Crippen LogP contribution in [0.4, 0.5) is 13.2 Å². The van der Waals surface area contributed by atoms with Crippen LogP contribution in [0.25, 0.3) is 10.9 Å². The van der Waals surface area contributed by atoms with E-state index in [1.54, 1.807) is 34.6 Å². The number of aromatic nitrogens is 1. The zero-order valence-corrected chi connectivity index (χ0v) is 19.8. The second-order valence-corrected chi connectivity index (χ2v) is 11.1. The number of pyridine rings is 1. The molecule has 35 heavy (non-hydrogen) atoms. The van der Waals surface area contributed by atoms with Gasteiger partial charge in [0.2, 0.25) is 5.56 Å². The summed E-state index contributed by atoms with van der Waals surface area (Å²) < 4.78 is 68.6. The predicted molar refractivity (Wildman–Crippen MR) is 127 cm³/mol. The number of halogens is 3. The topological polar surface area (TPSA) is 70.2 Å². The molecule has 0 saturated carbocycles. The number of benzene rings is 2. The minimum Gasteiger partial charge on any atom is -0.322 e. The number of allylic oxidation sites excluding steroid dienone is 2. The van der Waals surface area contributed by atoms with Crippen LogP contribution in [0.3, 0.4) is 0 Å². The Morgan fingerprint density at radius 2 is 1.69 bits per heavy atom. The highest BCUT2D eigenvalue weighted by Crippen LogP contribution is 2.38. The molecule has 0 bridgehead atoms. The zero-order chi connectivity index (χ0) is 24.8. The van der Waals surface area contributed by atoms with Gasteiger partial charge in [-0.05, 0) is 79.8 Å². The Bertz CT molecular complexity index is 1460. The van der Waals surface area contributed by atoms with E-state index < -0.39 is 27.3 Å². The summed E-state index contributed by atoms with van der Waals surface area (Å²) in [5, 5.41) is -0.0748. The van der Waals surface area contributed by atoms with Gasteiger partial charge in [0.05, 0.1) is 10.5 Å². The first kappa shape index (κ1) is 23.7. The number of alkyl halides is 3. The third-order valence-electron chi connectivity index (χ3n) is 6.86.